The van der Waals surface area contributed by atoms with Gasteiger partial charge in [0.15, 0.2) is 5.69 Å². The van der Waals surface area contributed by atoms with E-state index in [-0.39, 0.29) is 35.4 Å². The Bertz CT molecular complexity index is 1410. The highest BCUT2D eigenvalue weighted by Gasteiger charge is 2.42. The van der Waals surface area contributed by atoms with Gasteiger partial charge in [0.2, 0.25) is 5.76 Å². The first-order valence-electron chi connectivity index (χ1n) is 13.7. The van der Waals surface area contributed by atoms with Crippen molar-refractivity contribution in [1.29, 1.82) is 0 Å². The van der Waals surface area contributed by atoms with Crippen LogP contribution in [0.4, 0.5) is 45.6 Å². The average molecular weight is 590 g/mol. The number of hydrogen-bond donors (Lipinski definition) is 3. The van der Waals surface area contributed by atoms with Gasteiger partial charge in [-0.3, -0.25) is 4.79 Å². The van der Waals surface area contributed by atoms with E-state index < -0.39 is 29.4 Å². The molecule has 3 amide bonds. The van der Waals surface area contributed by atoms with Crippen molar-refractivity contribution in [2.24, 2.45) is 5.92 Å². The number of halogens is 4. The summed E-state index contributed by atoms with van der Waals surface area (Å²) in [6.07, 6.45) is -0.544. The molecule has 0 radical (unpaired) electrons. The third kappa shape index (κ3) is 6.92. The van der Waals surface area contributed by atoms with E-state index in [0.29, 0.717) is 44.8 Å². The molecule has 2 aromatic heterocycles. The standard InChI is InChI=1S/C28H31F4N7O3/c1-17-5-4-12-39(16-17)27-37-24(28(30,31)32)23(42-27)25(40)35-19-8-9-22(33-15-19)34-18-10-13-38(14-11-18)26(41)36-21-7-3-2-6-20(21)29/h2-3,6-9,15,17-18H,4-5,10-14,16H2,1H3,(H,33,34)(H,35,40)(H,36,41). The van der Waals surface area contributed by atoms with Crippen LogP contribution in [-0.4, -0.2) is 59.0 Å². The van der Waals surface area contributed by atoms with Crippen LogP contribution < -0.4 is 20.9 Å². The van der Waals surface area contributed by atoms with Crippen LogP contribution >= 0.6 is 0 Å². The second kappa shape index (κ2) is 12.2. The molecule has 10 nitrogen and oxygen atoms in total. The van der Waals surface area contributed by atoms with Crippen molar-refractivity contribution in [1.82, 2.24) is 14.9 Å². The van der Waals surface area contributed by atoms with Gasteiger partial charge in [-0.1, -0.05) is 19.1 Å². The number of carbonyl (C=O) groups is 2. The number of likely N-dealkylation sites (tertiary alicyclic amines) is 1. The van der Waals surface area contributed by atoms with Gasteiger partial charge in [0.1, 0.15) is 11.6 Å². The number of anilines is 4. The summed E-state index contributed by atoms with van der Waals surface area (Å²) in [5, 5.41) is 8.25. The van der Waals surface area contributed by atoms with E-state index in [9.17, 15) is 27.2 Å². The Kier molecular flexibility index (Phi) is 8.50. The number of para-hydroxylation sites is 1. The molecular weight excluding hydrogens is 558 g/mol. The van der Waals surface area contributed by atoms with Gasteiger partial charge < -0.3 is 30.2 Å². The van der Waals surface area contributed by atoms with E-state index in [1.807, 2.05) is 6.92 Å². The van der Waals surface area contributed by atoms with E-state index in [2.05, 4.69) is 25.9 Å². The first-order valence-corrected chi connectivity index (χ1v) is 13.7. The Morgan fingerprint density at radius 2 is 1.79 bits per heavy atom. The van der Waals surface area contributed by atoms with Gasteiger partial charge in [-0.05, 0) is 55.9 Å². The van der Waals surface area contributed by atoms with Crippen molar-refractivity contribution < 1.29 is 31.6 Å². The number of pyridine rings is 1. The zero-order valence-corrected chi connectivity index (χ0v) is 22.9. The van der Waals surface area contributed by atoms with Gasteiger partial charge in [0, 0.05) is 32.2 Å². The number of nitrogens with one attached hydrogen (secondary N) is 3. The number of carbonyl (C=O) groups excluding carboxylic acids is 2. The summed E-state index contributed by atoms with van der Waals surface area (Å²) in [6, 6.07) is 8.47. The minimum atomic E-state index is -4.87. The number of benzene rings is 1. The normalized spacial score (nSPS) is 18.1. The van der Waals surface area contributed by atoms with Crippen LogP contribution in [0.1, 0.15) is 48.9 Å². The van der Waals surface area contributed by atoms with Crippen LogP contribution in [-0.2, 0) is 6.18 Å². The zero-order valence-electron chi connectivity index (χ0n) is 22.9. The Morgan fingerprint density at radius 3 is 2.45 bits per heavy atom. The maximum atomic E-state index is 13.8. The van der Waals surface area contributed by atoms with E-state index in [1.165, 1.54) is 24.4 Å². The molecule has 1 atom stereocenters. The molecule has 1 unspecified atom stereocenters. The maximum absolute atomic E-state index is 13.8. The molecule has 224 valence electrons. The third-order valence-corrected chi connectivity index (χ3v) is 7.29. The van der Waals surface area contributed by atoms with Crippen LogP contribution in [0.2, 0.25) is 0 Å². The van der Waals surface area contributed by atoms with Crippen LogP contribution in [0.3, 0.4) is 0 Å². The third-order valence-electron chi connectivity index (χ3n) is 7.29. The SMILES string of the molecule is CC1CCCN(c2nc(C(F)(F)F)c(C(=O)Nc3ccc(NC4CCN(C(=O)Nc5ccccc5F)CC4)nc3)o2)C1. The summed E-state index contributed by atoms with van der Waals surface area (Å²) in [4.78, 5) is 36.4. The van der Waals surface area contributed by atoms with Gasteiger partial charge in [0.25, 0.3) is 11.9 Å². The number of nitrogens with zero attached hydrogens (tertiary/aromatic N) is 4. The molecule has 3 N–H and O–H groups in total. The lowest BCUT2D eigenvalue weighted by molar-refractivity contribution is -0.141. The van der Waals surface area contributed by atoms with E-state index in [4.69, 9.17) is 4.42 Å². The molecule has 0 saturated carbocycles. The molecule has 0 aliphatic carbocycles. The molecule has 5 rings (SSSR count). The fourth-order valence-corrected chi connectivity index (χ4v) is 5.09. The highest BCUT2D eigenvalue weighted by atomic mass is 19.4. The highest BCUT2D eigenvalue weighted by Crippen LogP contribution is 2.35. The molecule has 2 aliphatic heterocycles. The second-order valence-corrected chi connectivity index (χ2v) is 10.6. The predicted molar refractivity (Wildman–Crippen MR) is 148 cm³/mol. The summed E-state index contributed by atoms with van der Waals surface area (Å²) in [6.45, 7) is 3.89. The minimum absolute atomic E-state index is 0.00918. The smallest absolute Gasteiger partial charge is 0.417 e. The molecule has 2 saturated heterocycles. The minimum Gasteiger partial charge on any atom is -0.417 e. The largest absolute Gasteiger partial charge is 0.437 e. The molecule has 14 heteroatoms. The summed E-state index contributed by atoms with van der Waals surface area (Å²) < 4.78 is 60.2. The van der Waals surface area contributed by atoms with Gasteiger partial charge >= 0.3 is 12.2 Å². The van der Waals surface area contributed by atoms with E-state index in [0.717, 1.165) is 12.8 Å². The number of aromatic nitrogens is 2. The number of alkyl halides is 3. The van der Waals surface area contributed by atoms with Gasteiger partial charge in [-0.25, -0.2) is 14.2 Å². The van der Waals surface area contributed by atoms with Crippen molar-refractivity contribution in [3.05, 3.63) is 59.9 Å². The number of oxazole rings is 1. The van der Waals surface area contributed by atoms with Crippen LogP contribution in [0, 0.1) is 11.7 Å². The summed E-state index contributed by atoms with van der Waals surface area (Å²) in [5.74, 6) is -1.71. The molecular formula is C28H31F4N7O3. The number of urea groups is 1. The first-order chi connectivity index (χ1) is 20.1. The lowest BCUT2D eigenvalue weighted by Crippen LogP contribution is -2.44. The van der Waals surface area contributed by atoms with Crippen LogP contribution in [0.5, 0.6) is 0 Å². The fourth-order valence-electron chi connectivity index (χ4n) is 5.09. The van der Waals surface area contributed by atoms with Crippen LogP contribution in [0.15, 0.2) is 47.0 Å². The lowest BCUT2D eigenvalue weighted by atomic mass is 10.0. The predicted octanol–water partition coefficient (Wildman–Crippen LogP) is 5.82. The first kappa shape index (κ1) is 29.1. The Morgan fingerprint density at radius 1 is 1.02 bits per heavy atom. The van der Waals surface area contributed by atoms with Crippen molar-refractivity contribution in [3.63, 3.8) is 0 Å². The maximum Gasteiger partial charge on any atom is 0.437 e. The molecule has 4 heterocycles. The van der Waals surface area contributed by atoms with Crippen molar-refractivity contribution >= 4 is 35.1 Å². The number of hydrogen-bond acceptors (Lipinski definition) is 7. The summed E-state index contributed by atoms with van der Waals surface area (Å²) in [7, 11) is 0. The molecule has 2 aliphatic rings. The van der Waals surface area contributed by atoms with Gasteiger partial charge in [-0.15, -0.1) is 0 Å². The lowest BCUT2D eigenvalue weighted by Gasteiger charge is -2.32. The topological polar surface area (TPSA) is 116 Å². The monoisotopic (exact) mass is 589 g/mol. The van der Waals surface area contributed by atoms with Crippen LogP contribution in [0.25, 0.3) is 0 Å². The second-order valence-electron chi connectivity index (χ2n) is 10.6. The number of rotatable bonds is 6. The Labute approximate surface area is 239 Å². The summed E-state index contributed by atoms with van der Waals surface area (Å²) in [5.41, 5.74) is -1.06. The molecule has 1 aromatic carbocycles. The van der Waals surface area contributed by atoms with Crippen molar-refractivity contribution in [3.8, 4) is 0 Å². The number of amides is 3. The fraction of sp³-hybridized carbons (Fsp3) is 0.429. The molecule has 42 heavy (non-hydrogen) atoms. The van der Waals surface area contributed by atoms with E-state index in [1.54, 1.807) is 28.0 Å². The number of piperidine rings is 2. The molecule has 2 fully saturated rings. The van der Waals surface area contributed by atoms with Crippen molar-refractivity contribution in [2.75, 3.05) is 47.0 Å². The van der Waals surface area contributed by atoms with Gasteiger partial charge in [-0.2, -0.15) is 18.2 Å². The van der Waals surface area contributed by atoms with Gasteiger partial charge in [0.05, 0.1) is 17.6 Å². The molecule has 3 aromatic rings. The molecule has 0 bridgehead atoms. The Hall–Kier alpha value is -4.36. The average Bonchev–Trinajstić information content (AvgIpc) is 3.43. The zero-order chi connectivity index (χ0) is 29.9. The Balaban J connectivity index is 1.15. The summed E-state index contributed by atoms with van der Waals surface area (Å²) >= 11 is 0. The van der Waals surface area contributed by atoms with Crippen molar-refractivity contribution in [2.45, 2.75) is 44.8 Å². The van der Waals surface area contributed by atoms with E-state index >= 15 is 0 Å². The molecule has 0 spiro atoms. The quantitative estimate of drug-likeness (QED) is 0.310. The highest BCUT2D eigenvalue weighted by molar-refractivity contribution is 6.03.